The van der Waals surface area contributed by atoms with Crippen LogP contribution in [-0.4, -0.2) is 43.8 Å². The molecule has 0 heterocycles. The monoisotopic (exact) mass is 359 g/mol. The summed E-state index contributed by atoms with van der Waals surface area (Å²) in [5.74, 6) is -0.914. The van der Waals surface area contributed by atoms with Crippen molar-refractivity contribution < 1.29 is 19.4 Å². The van der Waals surface area contributed by atoms with E-state index < -0.39 is 28.5 Å². The molecule has 0 aliphatic heterocycles. The van der Waals surface area contributed by atoms with Gasteiger partial charge in [-0.25, -0.2) is 0 Å². The van der Waals surface area contributed by atoms with E-state index in [1.54, 1.807) is 27.7 Å². The van der Waals surface area contributed by atoms with Crippen LogP contribution in [0.4, 0.5) is 4.79 Å². The number of carbonyl (C=O) groups is 2. The van der Waals surface area contributed by atoms with Crippen LogP contribution in [0.15, 0.2) is 30.3 Å². The molecule has 21 heavy (non-hydrogen) atoms. The van der Waals surface area contributed by atoms with Crippen molar-refractivity contribution in [2.24, 2.45) is 0 Å². The average molecular weight is 358 g/mol. The predicted molar refractivity (Wildman–Crippen MR) is 82.0 cm³/mol. The van der Waals surface area contributed by atoms with Crippen LogP contribution in [0, 0.1) is 0 Å². The van der Waals surface area contributed by atoms with Gasteiger partial charge in [-0.05, 0) is 0 Å². The molecular weight excluding hydrogens is 337 g/mol. The Bertz CT molecular complexity index is 484. The van der Waals surface area contributed by atoms with Crippen LogP contribution >= 0.6 is 0 Å². The molecule has 0 spiro atoms. The van der Waals surface area contributed by atoms with E-state index in [1.807, 2.05) is 30.3 Å². The van der Waals surface area contributed by atoms with Crippen LogP contribution in [0.5, 0.6) is 0 Å². The second kappa shape index (κ2) is 7.48. The molecule has 0 saturated heterocycles. The Morgan fingerprint density at radius 1 is 1.24 bits per heavy atom. The summed E-state index contributed by atoms with van der Waals surface area (Å²) in [6.45, 7) is 6.98. The number of rotatable bonds is 5. The fourth-order valence-electron chi connectivity index (χ4n) is 1.58. The van der Waals surface area contributed by atoms with Crippen molar-refractivity contribution in [3.63, 3.8) is 0 Å². The zero-order chi connectivity index (χ0) is 16.0. The number of hydrogen-bond donors (Lipinski definition) is 2. The molecule has 0 aliphatic carbocycles. The Balaban J connectivity index is 2.68. The molecule has 0 aromatic heterocycles. The van der Waals surface area contributed by atoms with Crippen molar-refractivity contribution in [2.75, 3.05) is 0 Å². The molecule has 0 aliphatic rings. The van der Waals surface area contributed by atoms with E-state index in [0.29, 0.717) is 0 Å². The molecule has 1 aromatic carbocycles. The second-order valence-corrected chi connectivity index (χ2v) is 8.17. The van der Waals surface area contributed by atoms with Gasteiger partial charge in [0.2, 0.25) is 0 Å². The summed E-state index contributed by atoms with van der Waals surface area (Å²) in [5.41, 5.74) is -0.604. The summed E-state index contributed by atoms with van der Waals surface area (Å²) in [7, 11) is 0. The maximum atomic E-state index is 11.7. The minimum absolute atomic E-state index is 0.276. The van der Waals surface area contributed by atoms with Crippen molar-refractivity contribution in [3.05, 3.63) is 30.3 Å². The van der Waals surface area contributed by atoms with Gasteiger partial charge in [-0.3, -0.25) is 0 Å². The van der Waals surface area contributed by atoms with E-state index in [2.05, 4.69) is 5.32 Å². The molecule has 0 radical (unpaired) electrons. The molecular formula is C15H21NO4Se. The van der Waals surface area contributed by atoms with E-state index in [0.717, 1.165) is 4.46 Å². The van der Waals surface area contributed by atoms with Crippen LogP contribution in [-0.2, 0) is 9.53 Å². The second-order valence-electron chi connectivity index (χ2n) is 5.62. The molecule has 0 fully saturated rings. The Kier molecular flexibility index (Phi) is 6.24. The van der Waals surface area contributed by atoms with Crippen molar-refractivity contribution in [1.82, 2.24) is 5.32 Å². The van der Waals surface area contributed by atoms with Crippen LogP contribution in [0.3, 0.4) is 0 Å². The van der Waals surface area contributed by atoms with E-state index >= 15 is 0 Å². The Morgan fingerprint density at radius 2 is 1.81 bits per heavy atom. The number of carboxylic acids is 1. The summed E-state index contributed by atoms with van der Waals surface area (Å²) in [6, 6.07) is 8.94. The number of benzene rings is 1. The van der Waals surface area contributed by atoms with Crippen LogP contribution in [0.1, 0.15) is 27.7 Å². The zero-order valence-corrected chi connectivity index (χ0v) is 14.3. The Hall–Kier alpha value is -1.52. The molecule has 0 bridgehead atoms. The number of aliphatic carboxylic acids is 1. The fraction of sp³-hybridized carbons (Fsp3) is 0.467. The molecule has 2 N–H and O–H groups in total. The SMILES string of the molecule is C[C@H](NC(=O)OC(C)(C)C)[C@H]([Se]c1ccccc1)C(=O)O. The van der Waals surface area contributed by atoms with Crippen LogP contribution in [0.25, 0.3) is 0 Å². The van der Waals surface area contributed by atoms with Gasteiger partial charge >= 0.3 is 131 Å². The van der Waals surface area contributed by atoms with Crippen LogP contribution < -0.4 is 9.78 Å². The maximum absolute atomic E-state index is 11.7. The number of amides is 1. The topological polar surface area (TPSA) is 75.6 Å². The van der Waals surface area contributed by atoms with Crippen molar-refractivity contribution in [2.45, 2.75) is 44.2 Å². The predicted octanol–water partition coefficient (Wildman–Crippen LogP) is 1.80. The molecule has 1 aromatic rings. The van der Waals surface area contributed by atoms with E-state index in [4.69, 9.17) is 4.74 Å². The summed E-state index contributed by atoms with van der Waals surface area (Å²) in [6.07, 6.45) is -0.592. The summed E-state index contributed by atoms with van der Waals surface area (Å²) < 4.78 is 6.13. The van der Waals surface area contributed by atoms with Gasteiger partial charge < -0.3 is 0 Å². The molecule has 1 rings (SSSR count). The van der Waals surface area contributed by atoms with Gasteiger partial charge in [0.15, 0.2) is 0 Å². The normalized spacial score (nSPS) is 14.1. The first kappa shape index (κ1) is 17.5. The Morgan fingerprint density at radius 3 is 2.29 bits per heavy atom. The number of ether oxygens (including phenoxy) is 1. The number of hydrogen-bond acceptors (Lipinski definition) is 3. The average Bonchev–Trinajstić information content (AvgIpc) is 2.34. The van der Waals surface area contributed by atoms with Crippen molar-refractivity contribution in [3.8, 4) is 0 Å². The molecule has 116 valence electrons. The third-order valence-electron chi connectivity index (χ3n) is 2.45. The molecule has 1 amide bonds. The zero-order valence-electron chi connectivity index (χ0n) is 12.6. The minimum atomic E-state index is -0.914. The van der Waals surface area contributed by atoms with Gasteiger partial charge in [-0.15, -0.1) is 0 Å². The first-order valence-corrected chi connectivity index (χ1v) is 8.47. The van der Waals surface area contributed by atoms with E-state index in [9.17, 15) is 14.7 Å². The molecule has 0 unspecified atom stereocenters. The van der Waals surface area contributed by atoms with Gasteiger partial charge in [-0.2, -0.15) is 0 Å². The first-order chi connectivity index (χ1) is 9.69. The van der Waals surface area contributed by atoms with Gasteiger partial charge in [0.1, 0.15) is 0 Å². The molecule has 5 nitrogen and oxygen atoms in total. The summed E-state index contributed by atoms with van der Waals surface area (Å²) in [5, 5.41) is 12.0. The quantitative estimate of drug-likeness (QED) is 0.787. The Labute approximate surface area is 131 Å². The fourth-order valence-corrected chi connectivity index (χ4v) is 3.64. The standard InChI is InChI=1S/C15H21NO4Se/c1-10(16-14(19)20-15(2,3)4)12(13(17)18)21-11-8-6-5-7-9-11/h5-10,12H,1-4H3,(H,16,19)(H,17,18)/t10-,12-/m0/s1. The first-order valence-electron chi connectivity index (χ1n) is 6.63. The third kappa shape index (κ3) is 6.65. The molecule has 2 atom stereocenters. The molecule has 6 heteroatoms. The number of alkyl carbamates (subject to hydrolysis) is 1. The summed E-state index contributed by atoms with van der Waals surface area (Å²) >= 11 is -0.276. The number of nitrogens with one attached hydrogen (secondary N) is 1. The summed E-state index contributed by atoms with van der Waals surface area (Å²) in [4.78, 5) is 22.5. The molecule has 0 saturated carbocycles. The van der Waals surface area contributed by atoms with Gasteiger partial charge in [0, 0.05) is 0 Å². The van der Waals surface area contributed by atoms with Gasteiger partial charge in [-0.1, -0.05) is 0 Å². The third-order valence-corrected chi connectivity index (χ3v) is 5.40. The van der Waals surface area contributed by atoms with Crippen LogP contribution in [0.2, 0.25) is 4.82 Å². The number of carboxylic acid groups (broad SMARTS) is 1. The number of carbonyl (C=O) groups excluding carboxylic acids is 1. The van der Waals surface area contributed by atoms with Crippen molar-refractivity contribution in [1.29, 1.82) is 0 Å². The van der Waals surface area contributed by atoms with Gasteiger partial charge in [0.25, 0.3) is 0 Å². The van der Waals surface area contributed by atoms with E-state index in [1.165, 1.54) is 0 Å². The van der Waals surface area contributed by atoms with E-state index in [-0.39, 0.29) is 15.0 Å². The van der Waals surface area contributed by atoms with Crippen molar-refractivity contribution >= 4 is 31.5 Å². The van der Waals surface area contributed by atoms with Gasteiger partial charge in [0.05, 0.1) is 0 Å².